The van der Waals surface area contributed by atoms with E-state index in [9.17, 15) is 0 Å². The van der Waals surface area contributed by atoms with Crippen molar-refractivity contribution >= 4 is 33.0 Å². The van der Waals surface area contributed by atoms with E-state index in [4.69, 9.17) is 15.0 Å². The Morgan fingerprint density at radius 3 is 2.14 bits per heavy atom. The molecule has 7 rings (SSSR count). The number of para-hydroxylation sites is 2. The van der Waals surface area contributed by atoms with Crippen LogP contribution in [0, 0.1) is 0 Å². The van der Waals surface area contributed by atoms with Crippen molar-refractivity contribution in [3.63, 3.8) is 0 Å². The lowest BCUT2D eigenvalue weighted by Crippen LogP contribution is -2.06. The molecular formula is C33H26N4. The van der Waals surface area contributed by atoms with Crippen molar-refractivity contribution in [1.82, 2.24) is 19.5 Å². The van der Waals surface area contributed by atoms with Crippen LogP contribution in [0.15, 0.2) is 109 Å². The van der Waals surface area contributed by atoms with Gasteiger partial charge >= 0.3 is 0 Å². The van der Waals surface area contributed by atoms with Crippen LogP contribution in [0.3, 0.4) is 0 Å². The van der Waals surface area contributed by atoms with Crippen LogP contribution in [-0.4, -0.2) is 19.5 Å². The predicted octanol–water partition coefficient (Wildman–Crippen LogP) is 8.10. The molecule has 2 aliphatic rings. The highest BCUT2D eigenvalue weighted by Crippen LogP contribution is 2.33. The predicted molar refractivity (Wildman–Crippen MR) is 152 cm³/mol. The molecule has 0 N–H and O–H groups in total. The van der Waals surface area contributed by atoms with Gasteiger partial charge in [-0.3, -0.25) is 0 Å². The fourth-order valence-electron chi connectivity index (χ4n) is 5.33. The number of nitrogens with zero attached hydrogens (tertiary/aromatic N) is 4. The first kappa shape index (κ1) is 21.7. The summed E-state index contributed by atoms with van der Waals surface area (Å²) in [6, 6.07) is 25.7. The van der Waals surface area contributed by atoms with Crippen LogP contribution in [0.25, 0.3) is 50.0 Å². The summed E-state index contributed by atoms with van der Waals surface area (Å²) in [5.74, 6) is 2.22. The van der Waals surface area contributed by atoms with Gasteiger partial charge in [-0.1, -0.05) is 85.0 Å². The summed E-state index contributed by atoms with van der Waals surface area (Å²) in [7, 11) is 0. The number of aromatic nitrogens is 4. The van der Waals surface area contributed by atoms with Gasteiger partial charge in [0.05, 0.1) is 11.0 Å². The minimum atomic E-state index is 0.706. The molecule has 0 unspecified atom stereocenters. The molecule has 0 spiro atoms. The van der Waals surface area contributed by atoms with Gasteiger partial charge in [0.1, 0.15) is 0 Å². The van der Waals surface area contributed by atoms with E-state index in [1.165, 1.54) is 21.8 Å². The number of fused-ring (bicyclic) bond motifs is 3. The third kappa shape index (κ3) is 3.91. The first-order valence-corrected chi connectivity index (χ1v) is 12.9. The fourth-order valence-corrected chi connectivity index (χ4v) is 5.33. The molecule has 5 aromatic rings. The molecule has 3 aromatic carbocycles. The highest BCUT2D eigenvalue weighted by Gasteiger charge is 2.17. The first-order chi connectivity index (χ1) is 18.3. The molecule has 0 radical (unpaired) electrons. The summed E-state index contributed by atoms with van der Waals surface area (Å²) in [5, 5.41) is 2.50. The number of benzene rings is 3. The largest absolute Gasteiger partial charge is 0.309 e. The zero-order valence-corrected chi connectivity index (χ0v) is 20.5. The Kier molecular flexibility index (Phi) is 5.36. The smallest absolute Gasteiger partial charge is 0.164 e. The number of allylic oxidation sites excluding steroid dienone is 8. The summed E-state index contributed by atoms with van der Waals surface area (Å²) in [6.07, 6.45) is 17.0. The van der Waals surface area contributed by atoms with Crippen LogP contribution in [0.1, 0.15) is 37.3 Å². The maximum atomic E-state index is 4.98. The topological polar surface area (TPSA) is 43.6 Å². The van der Waals surface area contributed by atoms with Crippen molar-refractivity contribution in [1.29, 1.82) is 0 Å². The molecule has 2 aliphatic carbocycles. The fraction of sp³-hybridized carbons (Fsp3) is 0.121. The molecule has 0 saturated carbocycles. The molecule has 0 aliphatic heterocycles. The Labute approximate surface area is 216 Å². The van der Waals surface area contributed by atoms with Gasteiger partial charge in [-0.05, 0) is 55.5 Å². The van der Waals surface area contributed by atoms with Crippen LogP contribution in [-0.2, 0) is 0 Å². The van der Waals surface area contributed by atoms with E-state index in [0.29, 0.717) is 5.82 Å². The normalized spacial score (nSPS) is 15.2. The van der Waals surface area contributed by atoms with Gasteiger partial charge < -0.3 is 4.57 Å². The van der Waals surface area contributed by atoms with Crippen LogP contribution < -0.4 is 0 Å². The second-order valence-electron chi connectivity index (χ2n) is 9.52. The van der Waals surface area contributed by atoms with Crippen molar-refractivity contribution in [2.45, 2.75) is 25.7 Å². The van der Waals surface area contributed by atoms with E-state index in [2.05, 4.69) is 114 Å². The van der Waals surface area contributed by atoms with Gasteiger partial charge in [0.15, 0.2) is 17.5 Å². The van der Waals surface area contributed by atoms with Gasteiger partial charge in [-0.25, -0.2) is 15.0 Å². The van der Waals surface area contributed by atoms with Crippen LogP contribution in [0.4, 0.5) is 0 Å². The van der Waals surface area contributed by atoms with Crippen molar-refractivity contribution in [3.05, 3.63) is 121 Å². The third-order valence-electron chi connectivity index (χ3n) is 7.13. The summed E-state index contributed by atoms with van der Waals surface area (Å²) in [6.45, 7) is 0. The summed E-state index contributed by atoms with van der Waals surface area (Å²) < 4.78 is 2.33. The van der Waals surface area contributed by atoms with E-state index in [1.807, 2.05) is 0 Å². The lowest BCUT2D eigenvalue weighted by atomic mass is 10.0. The van der Waals surface area contributed by atoms with E-state index < -0.39 is 0 Å². The molecule has 4 nitrogen and oxygen atoms in total. The van der Waals surface area contributed by atoms with Gasteiger partial charge in [0, 0.05) is 27.6 Å². The SMILES string of the molecule is C1=CCCC(c2nc(C3=CCCC=C3)nc(-c3cccc(-n4c5ccccc5c5ccccc54)c3)n2)=C1. The van der Waals surface area contributed by atoms with Crippen LogP contribution >= 0.6 is 0 Å². The number of hydrogen-bond acceptors (Lipinski definition) is 3. The summed E-state index contributed by atoms with van der Waals surface area (Å²) in [5.41, 5.74) is 6.68. The Hall–Kier alpha value is -4.57. The monoisotopic (exact) mass is 478 g/mol. The van der Waals surface area contributed by atoms with Gasteiger partial charge in [0.25, 0.3) is 0 Å². The maximum absolute atomic E-state index is 4.98. The van der Waals surface area contributed by atoms with E-state index >= 15 is 0 Å². The molecule has 178 valence electrons. The Bertz CT molecular complexity index is 1730. The Morgan fingerprint density at radius 2 is 1.41 bits per heavy atom. The quantitative estimate of drug-likeness (QED) is 0.262. The Balaban J connectivity index is 1.41. The molecular weight excluding hydrogens is 452 g/mol. The zero-order valence-electron chi connectivity index (χ0n) is 20.5. The van der Waals surface area contributed by atoms with Crippen LogP contribution in [0.2, 0.25) is 0 Å². The highest BCUT2D eigenvalue weighted by atomic mass is 15.0. The molecule has 0 bridgehead atoms. The number of hydrogen-bond donors (Lipinski definition) is 0. The van der Waals surface area contributed by atoms with E-state index in [-0.39, 0.29) is 0 Å². The lowest BCUT2D eigenvalue weighted by Gasteiger charge is -2.14. The summed E-state index contributed by atoms with van der Waals surface area (Å²) in [4.78, 5) is 14.9. The molecule has 0 atom stereocenters. The van der Waals surface area contributed by atoms with Crippen molar-refractivity contribution in [2.75, 3.05) is 0 Å². The zero-order chi connectivity index (χ0) is 24.6. The van der Waals surface area contributed by atoms with Crippen molar-refractivity contribution < 1.29 is 0 Å². The molecule has 2 aromatic heterocycles. The average Bonchev–Trinajstić information content (AvgIpc) is 3.32. The van der Waals surface area contributed by atoms with Gasteiger partial charge in [-0.2, -0.15) is 0 Å². The summed E-state index contributed by atoms with van der Waals surface area (Å²) >= 11 is 0. The molecule has 2 heterocycles. The Morgan fingerprint density at radius 1 is 0.649 bits per heavy atom. The van der Waals surface area contributed by atoms with Crippen molar-refractivity contribution in [2.24, 2.45) is 0 Å². The molecule has 37 heavy (non-hydrogen) atoms. The third-order valence-corrected chi connectivity index (χ3v) is 7.13. The van der Waals surface area contributed by atoms with Gasteiger partial charge in [0.2, 0.25) is 0 Å². The lowest BCUT2D eigenvalue weighted by molar-refractivity contribution is 0.952. The van der Waals surface area contributed by atoms with Gasteiger partial charge in [-0.15, -0.1) is 0 Å². The molecule has 4 heteroatoms. The first-order valence-electron chi connectivity index (χ1n) is 12.9. The second-order valence-corrected chi connectivity index (χ2v) is 9.52. The molecule has 0 amide bonds. The minimum Gasteiger partial charge on any atom is -0.309 e. The number of rotatable bonds is 4. The molecule has 0 fully saturated rings. The molecule has 0 saturated heterocycles. The van der Waals surface area contributed by atoms with Crippen LogP contribution in [0.5, 0.6) is 0 Å². The van der Waals surface area contributed by atoms with Crippen molar-refractivity contribution in [3.8, 4) is 17.1 Å². The minimum absolute atomic E-state index is 0.706. The maximum Gasteiger partial charge on any atom is 0.164 e. The highest BCUT2D eigenvalue weighted by molar-refractivity contribution is 6.09. The second kappa shape index (κ2) is 9.14. The van der Waals surface area contributed by atoms with E-state index in [0.717, 1.165) is 59.7 Å². The van der Waals surface area contributed by atoms with E-state index in [1.54, 1.807) is 0 Å². The standard InChI is InChI=1S/C33H26N4/c1-3-12-23(13-4-1)31-34-32(24-14-5-2-6-15-24)36-33(35-31)25-16-11-17-26(22-25)37-29-20-9-7-18-27(29)28-19-8-10-21-30(28)37/h1,3,5,7-12,14-22H,2,4,6,13H2. The average molecular weight is 479 g/mol.